The van der Waals surface area contributed by atoms with Crippen LogP contribution in [0.3, 0.4) is 0 Å². The number of rotatable bonds is 19. The summed E-state index contributed by atoms with van der Waals surface area (Å²) in [7, 11) is 0. The Hall–Kier alpha value is -2.29. The number of carbonyl (C=O) groups excluding carboxylic acids is 1. The van der Waals surface area contributed by atoms with E-state index in [2.05, 4.69) is 10.3 Å². The van der Waals surface area contributed by atoms with E-state index in [-0.39, 0.29) is 25.4 Å². The van der Waals surface area contributed by atoms with Gasteiger partial charge in [0.15, 0.2) is 11.6 Å². The molecule has 8 nitrogen and oxygen atoms in total. The summed E-state index contributed by atoms with van der Waals surface area (Å²) in [5.74, 6) is -0.872. The summed E-state index contributed by atoms with van der Waals surface area (Å²) in [6, 6.07) is 1.80. The number of carboxylic acids is 2. The van der Waals surface area contributed by atoms with Crippen LogP contribution in [0.5, 0.6) is 5.75 Å². The van der Waals surface area contributed by atoms with Gasteiger partial charge in [0.1, 0.15) is 0 Å². The molecular weight excluding hydrogens is 432 g/mol. The Bertz CT molecular complexity index is 714. The lowest BCUT2D eigenvalue weighted by atomic mass is 10.1. The second-order valence-electron chi connectivity index (χ2n) is 7.69. The van der Waals surface area contributed by atoms with Crippen molar-refractivity contribution < 1.29 is 29.3 Å². The van der Waals surface area contributed by atoms with Crippen LogP contribution in [0.25, 0.3) is 0 Å². The largest absolute Gasteiger partial charge is 0.490 e. The topological polar surface area (TPSA) is 126 Å². The number of carbonyl (C=O) groups is 3. The van der Waals surface area contributed by atoms with E-state index in [1.165, 1.54) is 11.8 Å². The quantitative estimate of drug-likeness (QED) is 0.183. The van der Waals surface area contributed by atoms with Crippen LogP contribution in [0.15, 0.2) is 17.2 Å². The summed E-state index contributed by atoms with van der Waals surface area (Å²) in [6.45, 7) is 0.244. The van der Waals surface area contributed by atoms with E-state index >= 15 is 0 Å². The van der Waals surface area contributed by atoms with E-state index < -0.39 is 11.9 Å². The number of aliphatic carboxylic acids is 2. The fraction of sp³-hybridized carbons (Fsp3) is 0.652. The van der Waals surface area contributed by atoms with Gasteiger partial charge in [-0.25, -0.2) is 4.98 Å². The number of nitrogens with one attached hydrogen (secondary N) is 1. The highest BCUT2D eigenvalue weighted by atomic mass is 32.2. The molecule has 0 aliphatic rings. The Morgan fingerprint density at radius 2 is 1.41 bits per heavy atom. The number of nitrogens with zero attached hydrogens (tertiary/aromatic N) is 1. The summed E-state index contributed by atoms with van der Waals surface area (Å²) in [6.07, 6.45) is 13.8. The van der Waals surface area contributed by atoms with Gasteiger partial charge in [-0.1, -0.05) is 44.9 Å². The molecule has 32 heavy (non-hydrogen) atoms. The van der Waals surface area contributed by atoms with E-state index in [0.717, 1.165) is 62.7 Å². The SMILES string of the molecule is CSc1cnc(NC(=O)CCCCCCCCCCCC(=O)O)c(OCCCC(=O)O)c1. The first-order chi connectivity index (χ1) is 15.4. The molecule has 1 heterocycles. The van der Waals surface area contributed by atoms with E-state index in [0.29, 0.717) is 24.4 Å². The lowest BCUT2D eigenvalue weighted by Crippen LogP contribution is -2.14. The van der Waals surface area contributed by atoms with Gasteiger partial charge >= 0.3 is 11.9 Å². The van der Waals surface area contributed by atoms with Crippen molar-refractivity contribution in [2.45, 2.75) is 88.4 Å². The first-order valence-corrected chi connectivity index (χ1v) is 12.5. The fourth-order valence-corrected chi connectivity index (χ4v) is 3.52. The molecule has 0 fully saturated rings. The van der Waals surface area contributed by atoms with E-state index in [9.17, 15) is 14.4 Å². The maximum atomic E-state index is 12.3. The summed E-state index contributed by atoms with van der Waals surface area (Å²) in [4.78, 5) is 38.6. The lowest BCUT2D eigenvalue weighted by molar-refractivity contribution is -0.138. The molecule has 0 aromatic carbocycles. The normalized spacial score (nSPS) is 10.7. The zero-order chi connectivity index (χ0) is 23.6. The number of ether oxygens (including phenoxy) is 1. The standard InChI is InChI=1S/C23H36N2O6S/c1-32-18-16-19(31-15-11-14-22(29)30)23(24-17-18)25-20(26)12-9-7-5-3-2-4-6-8-10-13-21(27)28/h16-17H,2-15H2,1H3,(H,27,28)(H,29,30)(H,24,25,26). The molecule has 3 N–H and O–H groups in total. The average Bonchev–Trinajstić information content (AvgIpc) is 2.75. The smallest absolute Gasteiger partial charge is 0.303 e. The molecule has 0 saturated heterocycles. The Labute approximate surface area is 194 Å². The van der Waals surface area contributed by atoms with Crippen molar-refractivity contribution in [3.63, 3.8) is 0 Å². The lowest BCUT2D eigenvalue weighted by Gasteiger charge is -2.12. The number of amides is 1. The molecule has 9 heteroatoms. The minimum Gasteiger partial charge on any atom is -0.490 e. The van der Waals surface area contributed by atoms with Gasteiger partial charge in [-0.2, -0.15) is 0 Å². The number of hydrogen-bond donors (Lipinski definition) is 3. The van der Waals surface area contributed by atoms with Gasteiger partial charge in [0.25, 0.3) is 0 Å². The number of aromatic nitrogens is 1. The molecule has 0 saturated carbocycles. The van der Waals surface area contributed by atoms with Gasteiger partial charge in [-0.3, -0.25) is 14.4 Å². The first-order valence-electron chi connectivity index (χ1n) is 11.3. The van der Waals surface area contributed by atoms with Crippen LogP contribution in [0, 0.1) is 0 Å². The highest BCUT2D eigenvalue weighted by molar-refractivity contribution is 7.98. The monoisotopic (exact) mass is 468 g/mol. The van der Waals surface area contributed by atoms with Crippen LogP contribution in [-0.2, 0) is 14.4 Å². The maximum absolute atomic E-state index is 12.3. The molecule has 0 radical (unpaired) electrons. The van der Waals surface area contributed by atoms with Crippen molar-refractivity contribution in [3.05, 3.63) is 12.3 Å². The molecule has 0 aliphatic carbocycles. The van der Waals surface area contributed by atoms with Gasteiger partial charge in [0.2, 0.25) is 5.91 Å². The predicted molar refractivity (Wildman–Crippen MR) is 125 cm³/mol. The second kappa shape index (κ2) is 17.3. The Morgan fingerprint density at radius 3 is 1.97 bits per heavy atom. The van der Waals surface area contributed by atoms with Crippen molar-refractivity contribution in [1.29, 1.82) is 0 Å². The van der Waals surface area contributed by atoms with Gasteiger partial charge in [0, 0.05) is 30.4 Å². The highest BCUT2D eigenvalue weighted by Gasteiger charge is 2.11. The molecule has 1 rings (SSSR count). The third kappa shape index (κ3) is 13.9. The summed E-state index contributed by atoms with van der Waals surface area (Å²) >= 11 is 1.51. The second-order valence-corrected chi connectivity index (χ2v) is 8.57. The first kappa shape index (κ1) is 27.7. The molecule has 1 aromatic heterocycles. The van der Waals surface area contributed by atoms with Crippen molar-refractivity contribution >= 4 is 35.4 Å². The van der Waals surface area contributed by atoms with Gasteiger partial charge in [-0.15, -0.1) is 11.8 Å². The van der Waals surface area contributed by atoms with Crippen LogP contribution < -0.4 is 10.1 Å². The molecular formula is C23H36N2O6S. The molecule has 0 unspecified atom stereocenters. The summed E-state index contributed by atoms with van der Waals surface area (Å²) in [5, 5.41) is 20.1. The molecule has 0 spiro atoms. The molecule has 0 atom stereocenters. The van der Waals surface area contributed by atoms with Crippen LogP contribution >= 0.6 is 11.8 Å². The van der Waals surface area contributed by atoms with E-state index in [1.807, 2.05) is 6.26 Å². The Kier molecular flexibility index (Phi) is 15.0. The molecule has 0 bridgehead atoms. The van der Waals surface area contributed by atoms with E-state index in [4.69, 9.17) is 14.9 Å². The minimum absolute atomic E-state index is 0.0298. The predicted octanol–water partition coefficient (Wildman–Crippen LogP) is 5.36. The Balaban J connectivity index is 2.23. The molecule has 1 amide bonds. The third-order valence-corrected chi connectivity index (χ3v) is 5.60. The van der Waals surface area contributed by atoms with Crippen molar-refractivity contribution in [2.24, 2.45) is 0 Å². The number of unbranched alkanes of at least 4 members (excludes halogenated alkanes) is 8. The third-order valence-electron chi connectivity index (χ3n) is 4.91. The van der Waals surface area contributed by atoms with Crippen molar-refractivity contribution in [1.82, 2.24) is 4.98 Å². The minimum atomic E-state index is -0.867. The summed E-state index contributed by atoms with van der Waals surface area (Å²) in [5.41, 5.74) is 0. The maximum Gasteiger partial charge on any atom is 0.303 e. The number of pyridine rings is 1. The van der Waals surface area contributed by atoms with Crippen LogP contribution in [0.1, 0.15) is 83.5 Å². The fourth-order valence-electron chi connectivity index (χ4n) is 3.14. The Morgan fingerprint density at radius 1 is 0.875 bits per heavy atom. The van der Waals surface area contributed by atoms with Crippen LogP contribution in [0.4, 0.5) is 5.82 Å². The highest BCUT2D eigenvalue weighted by Crippen LogP contribution is 2.27. The number of thioether (sulfide) groups is 1. The number of anilines is 1. The van der Waals surface area contributed by atoms with Gasteiger partial charge in [-0.05, 0) is 31.6 Å². The van der Waals surface area contributed by atoms with Crippen LogP contribution in [-0.4, -0.2) is 45.9 Å². The molecule has 1 aromatic rings. The zero-order valence-corrected chi connectivity index (χ0v) is 19.8. The number of hydrogen-bond acceptors (Lipinski definition) is 6. The van der Waals surface area contributed by atoms with Gasteiger partial charge < -0.3 is 20.3 Å². The van der Waals surface area contributed by atoms with Gasteiger partial charge in [0.05, 0.1) is 6.61 Å². The van der Waals surface area contributed by atoms with Crippen LogP contribution in [0.2, 0.25) is 0 Å². The van der Waals surface area contributed by atoms with Crippen molar-refractivity contribution in [3.8, 4) is 5.75 Å². The molecule has 0 aliphatic heterocycles. The zero-order valence-electron chi connectivity index (χ0n) is 18.9. The van der Waals surface area contributed by atoms with Crippen molar-refractivity contribution in [2.75, 3.05) is 18.2 Å². The summed E-state index contributed by atoms with van der Waals surface area (Å²) < 4.78 is 5.66. The van der Waals surface area contributed by atoms with E-state index in [1.54, 1.807) is 12.3 Å². The number of carboxylic acid groups (broad SMARTS) is 2. The molecule has 180 valence electrons. The average molecular weight is 469 g/mol.